The molecule has 92 valence electrons. The first-order chi connectivity index (χ1) is 8.26. The van der Waals surface area contributed by atoms with Gasteiger partial charge in [0.25, 0.3) is 5.91 Å². The van der Waals surface area contributed by atoms with Crippen molar-refractivity contribution in [1.29, 1.82) is 0 Å². The summed E-state index contributed by atoms with van der Waals surface area (Å²) in [5, 5.41) is 3.08. The van der Waals surface area contributed by atoms with E-state index in [4.69, 9.17) is 0 Å². The van der Waals surface area contributed by atoms with Crippen LogP contribution in [0.5, 0.6) is 0 Å². The van der Waals surface area contributed by atoms with E-state index in [2.05, 4.69) is 12.2 Å². The highest BCUT2D eigenvalue weighted by molar-refractivity contribution is 5.99. The average Bonchev–Trinajstić information content (AvgIpc) is 2.86. The van der Waals surface area contributed by atoms with Crippen molar-refractivity contribution in [3.8, 4) is 0 Å². The van der Waals surface area contributed by atoms with Crippen LogP contribution in [-0.2, 0) is 0 Å². The third kappa shape index (κ3) is 2.43. The zero-order valence-corrected chi connectivity index (χ0v) is 10.6. The summed E-state index contributed by atoms with van der Waals surface area (Å²) in [5.41, 5.74) is 1.70. The largest absolute Gasteiger partial charge is 0.387 e. The van der Waals surface area contributed by atoms with Crippen LogP contribution in [-0.4, -0.2) is 30.9 Å². The number of hydrogen-bond donors (Lipinski definition) is 1. The van der Waals surface area contributed by atoms with Crippen LogP contribution in [0.3, 0.4) is 0 Å². The molecule has 0 aromatic heterocycles. The third-order valence-corrected chi connectivity index (χ3v) is 3.58. The Balaban J connectivity index is 2.15. The van der Waals surface area contributed by atoms with Gasteiger partial charge in [0, 0.05) is 25.8 Å². The zero-order valence-electron chi connectivity index (χ0n) is 10.6. The Kier molecular flexibility index (Phi) is 3.67. The summed E-state index contributed by atoms with van der Waals surface area (Å²) in [6.07, 6.45) is 2.31. The summed E-state index contributed by atoms with van der Waals surface area (Å²) in [7, 11) is 1.85. The maximum Gasteiger partial charge on any atom is 0.255 e. The third-order valence-electron chi connectivity index (χ3n) is 3.58. The number of likely N-dealkylation sites (tertiary alicyclic amines) is 1. The molecule has 1 heterocycles. The standard InChI is InChI=1S/C14H20N2O/c1-3-11-8-9-16(10-11)14(17)12-6-4-5-7-13(12)15-2/h4-7,11,15H,3,8-10H2,1-2H3. The van der Waals surface area contributed by atoms with Crippen molar-refractivity contribution in [2.75, 3.05) is 25.5 Å². The zero-order chi connectivity index (χ0) is 12.3. The van der Waals surface area contributed by atoms with Crippen LogP contribution in [0.4, 0.5) is 5.69 Å². The van der Waals surface area contributed by atoms with E-state index in [9.17, 15) is 4.79 Å². The molecule has 3 heteroatoms. The number of benzene rings is 1. The molecule has 1 unspecified atom stereocenters. The van der Waals surface area contributed by atoms with Gasteiger partial charge in [-0.1, -0.05) is 25.5 Å². The number of rotatable bonds is 3. The van der Waals surface area contributed by atoms with Gasteiger partial charge in [-0.2, -0.15) is 0 Å². The number of carbonyl (C=O) groups excluding carboxylic acids is 1. The van der Waals surface area contributed by atoms with Gasteiger partial charge in [0.05, 0.1) is 5.56 Å². The molecule has 1 N–H and O–H groups in total. The number of para-hydroxylation sites is 1. The summed E-state index contributed by atoms with van der Waals surface area (Å²) in [6.45, 7) is 4.00. The summed E-state index contributed by atoms with van der Waals surface area (Å²) < 4.78 is 0. The number of nitrogens with zero attached hydrogens (tertiary/aromatic N) is 1. The van der Waals surface area contributed by atoms with Gasteiger partial charge in [-0.3, -0.25) is 4.79 Å². The Morgan fingerprint density at radius 3 is 2.88 bits per heavy atom. The molecule has 1 fully saturated rings. The smallest absolute Gasteiger partial charge is 0.255 e. The molecule has 1 aromatic rings. The lowest BCUT2D eigenvalue weighted by Gasteiger charge is -2.18. The molecule has 1 aliphatic rings. The first kappa shape index (κ1) is 12.0. The van der Waals surface area contributed by atoms with Crippen molar-refractivity contribution in [2.24, 2.45) is 5.92 Å². The minimum Gasteiger partial charge on any atom is -0.387 e. The van der Waals surface area contributed by atoms with Crippen LogP contribution in [0.1, 0.15) is 30.1 Å². The van der Waals surface area contributed by atoms with E-state index in [-0.39, 0.29) is 5.91 Å². The lowest BCUT2D eigenvalue weighted by Crippen LogP contribution is -2.29. The van der Waals surface area contributed by atoms with Crippen molar-refractivity contribution >= 4 is 11.6 Å². The van der Waals surface area contributed by atoms with Gasteiger partial charge in [0.2, 0.25) is 0 Å². The number of hydrogen-bond acceptors (Lipinski definition) is 2. The normalized spacial score (nSPS) is 19.4. The number of carbonyl (C=O) groups is 1. The highest BCUT2D eigenvalue weighted by Crippen LogP contribution is 2.23. The molecule has 17 heavy (non-hydrogen) atoms. The fourth-order valence-electron chi connectivity index (χ4n) is 2.41. The Bertz CT molecular complexity index is 403. The van der Waals surface area contributed by atoms with Gasteiger partial charge in [-0.25, -0.2) is 0 Å². The van der Waals surface area contributed by atoms with E-state index in [1.807, 2.05) is 36.2 Å². The van der Waals surface area contributed by atoms with Crippen molar-refractivity contribution in [3.63, 3.8) is 0 Å². The molecule has 1 atom stereocenters. The van der Waals surface area contributed by atoms with Crippen LogP contribution in [0, 0.1) is 5.92 Å². The fourth-order valence-corrected chi connectivity index (χ4v) is 2.41. The molecular formula is C14H20N2O. The molecule has 2 rings (SSSR count). The average molecular weight is 232 g/mol. The molecule has 0 spiro atoms. The maximum atomic E-state index is 12.4. The van der Waals surface area contributed by atoms with Gasteiger partial charge in [0.1, 0.15) is 0 Å². The Morgan fingerprint density at radius 1 is 1.47 bits per heavy atom. The molecule has 0 aliphatic carbocycles. The first-order valence-electron chi connectivity index (χ1n) is 6.32. The second-order valence-electron chi connectivity index (χ2n) is 4.61. The lowest BCUT2D eigenvalue weighted by atomic mass is 10.1. The number of anilines is 1. The van der Waals surface area contributed by atoms with Crippen LogP contribution < -0.4 is 5.32 Å². The number of amides is 1. The quantitative estimate of drug-likeness (QED) is 0.868. The number of nitrogens with one attached hydrogen (secondary N) is 1. The van der Waals surface area contributed by atoms with Gasteiger partial charge < -0.3 is 10.2 Å². The molecule has 3 nitrogen and oxygen atoms in total. The van der Waals surface area contributed by atoms with Gasteiger partial charge >= 0.3 is 0 Å². The minimum absolute atomic E-state index is 0.158. The first-order valence-corrected chi connectivity index (χ1v) is 6.32. The Morgan fingerprint density at radius 2 is 2.24 bits per heavy atom. The SMILES string of the molecule is CCC1CCN(C(=O)c2ccccc2NC)C1. The van der Waals surface area contributed by atoms with Crippen molar-refractivity contribution in [2.45, 2.75) is 19.8 Å². The fraction of sp³-hybridized carbons (Fsp3) is 0.500. The highest BCUT2D eigenvalue weighted by atomic mass is 16.2. The Hall–Kier alpha value is -1.51. The van der Waals surface area contributed by atoms with Crippen LogP contribution in [0.15, 0.2) is 24.3 Å². The predicted molar refractivity (Wildman–Crippen MR) is 70.3 cm³/mol. The van der Waals surface area contributed by atoms with E-state index < -0.39 is 0 Å². The van der Waals surface area contributed by atoms with Gasteiger partial charge in [-0.05, 0) is 24.5 Å². The second-order valence-corrected chi connectivity index (χ2v) is 4.61. The molecule has 0 bridgehead atoms. The molecule has 0 radical (unpaired) electrons. The van der Waals surface area contributed by atoms with Crippen molar-refractivity contribution in [3.05, 3.63) is 29.8 Å². The van der Waals surface area contributed by atoms with E-state index in [0.29, 0.717) is 5.92 Å². The molecule has 1 aromatic carbocycles. The van der Waals surface area contributed by atoms with Crippen molar-refractivity contribution < 1.29 is 4.79 Å². The molecular weight excluding hydrogens is 212 g/mol. The van der Waals surface area contributed by atoms with Gasteiger partial charge in [0.15, 0.2) is 0 Å². The van der Waals surface area contributed by atoms with Gasteiger partial charge in [-0.15, -0.1) is 0 Å². The van der Waals surface area contributed by atoms with E-state index >= 15 is 0 Å². The Labute approximate surface area is 103 Å². The topological polar surface area (TPSA) is 32.3 Å². The van der Waals surface area contributed by atoms with Crippen LogP contribution in [0.25, 0.3) is 0 Å². The van der Waals surface area contributed by atoms with Crippen LogP contribution >= 0.6 is 0 Å². The van der Waals surface area contributed by atoms with Crippen LogP contribution in [0.2, 0.25) is 0 Å². The summed E-state index contributed by atoms with van der Waals surface area (Å²) >= 11 is 0. The molecule has 1 saturated heterocycles. The summed E-state index contributed by atoms with van der Waals surface area (Å²) in [5.74, 6) is 0.839. The molecule has 1 amide bonds. The minimum atomic E-state index is 0.158. The maximum absolute atomic E-state index is 12.4. The summed E-state index contributed by atoms with van der Waals surface area (Å²) in [6, 6.07) is 7.71. The second kappa shape index (κ2) is 5.21. The van der Waals surface area contributed by atoms with E-state index in [0.717, 1.165) is 37.2 Å². The van der Waals surface area contributed by atoms with E-state index in [1.54, 1.807) is 0 Å². The lowest BCUT2D eigenvalue weighted by molar-refractivity contribution is 0.0788. The van der Waals surface area contributed by atoms with Crippen molar-refractivity contribution in [1.82, 2.24) is 4.90 Å². The van der Waals surface area contributed by atoms with E-state index in [1.165, 1.54) is 0 Å². The monoisotopic (exact) mass is 232 g/mol. The molecule has 0 saturated carbocycles. The summed E-state index contributed by atoms with van der Waals surface area (Å²) in [4.78, 5) is 14.4. The molecule has 1 aliphatic heterocycles. The predicted octanol–water partition coefficient (Wildman–Crippen LogP) is 2.60. The highest BCUT2D eigenvalue weighted by Gasteiger charge is 2.26.